The van der Waals surface area contributed by atoms with Crippen molar-refractivity contribution in [3.8, 4) is 22.9 Å². The topological polar surface area (TPSA) is 91.2 Å². The summed E-state index contributed by atoms with van der Waals surface area (Å²) in [6.45, 7) is -0.179. The van der Waals surface area contributed by atoms with Crippen LogP contribution in [0.25, 0.3) is 11.4 Å². The molecule has 1 N–H and O–H groups in total. The third-order valence-electron chi connectivity index (χ3n) is 3.46. The SMILES string of the molecule is COc1ccc(-c2nnn(CC(=O)Nc3ccc(OC(F)(F)Cl)cc3)n2)cc1. The lowest BCUT2D eigenvalue weighted by Gasteiger charge is -2.11. The number of halogens is 3. The first-order valence-electron chi connectivity index (χ1n) is 7.90. The van der Waals surface area contributed by atoms with Crippen molar-refractivity contribution in [1.82, 2.24) is 20.2 Å². The first-order valence-corrected chi connectivity index (χ1v) is 8.28. The van der Waals surface area contributed by atoms with Crippen LogP contribution < -0.4 is 14.8 Å². The summed E-state index contributed by atoms with van der Waals surface area (Å²) in [6, 6.07) is 12.4. The Morgan fingerprint density at radius 1 is 1.14 bits per heavy atom. The van der Waals surface area contributed by atoms with Crippen molar-refractivity contribution < 1.29 is 23.0 Å². The van der Waals surface area contributed by atoms with E-state index < -0.39 is 11.5 Å². The molecule has 0 radical (unpaired) electrons. The zero-order valence-electron chi connectivity index (χ0n) is 14.5. The van der Waals surface area contributed by atoms with Gasteiger partial charge in [0.25, 0.3) is 0 Å². The van der Waals surface area contributed by atoms with Crippen molar-refractivity contribution in [3.05, 3.63) is 48.5 Å². The molecule has 0 saturated carbocycles. The molecule has 0 fully saturated rings. The summed E-state index contributed by atoms with van der Waals surface area (Å²) in [6.07, 6.45) is 0. The highest BCUT2D eigenvalue weighted by Crippen LogP contribution is 2.26. The molecule has 3 aromatic rings. The normalized spacial score (nSPS) is 11.1. The third kappa shape index (κ3) is 5.36. The number of methoxy groups -OCH3 is 1. The van der Waals surface area contributed by atoms with Crippen molar-refractivity contribution >= 4 is 23.2 Å². The molecular formula is C17H14ClF2N5O3. The summed E-state index contributed by atoms with van der Waals surface area (Å²) in [5, 5.41) is 14.5. The Morgan fingerprint density at radius 3 is 2.39 bits per heavy atom. The molecule has 28 heavy (non-hydrogen) atoms. The standard InChI is InChI=1S/C17H14ClF2N5O3/c1-27-13-6-2-11(3-7-13)16-22-24-25(23-16)10-15(26)21-12-4-8-14(9-5-12)28-17(18,19)20/h2-9H,10H2,1H3,(H,21,26). The average Bonchev–Trinajstić information content (AvgIpc) is 3.10. The Kier molecular flexibility index (Phi) is 5.69. The highest BCUT2D eigenvalue weighted by atomic mass is 35.5. The molecule has 3 rings (SSSR count). The number of nitrogens with one attached hydrogen (secondary N) is 1. The number of nitrogens with zero attached hydrogens (tertiary/aromatic N) is 4. The van der Waals surface area contributed by atoms with E-state index in [1.807, 2.05) is 0 Å². The second-order valence-electron chi connectivity index (χ2n) is 5.49. The van der Waals surface area contributed by atoms with Gasteiger partial charge in [0.05, 0.1) is 7.11 Å². The average molecular weight is 410 g/mol. The smallest absolute Gasteiger partial charge is 0.487 e. The minimum atomic E-state index is -3.80. The van der Waals surface area contributed by atoms with E-state index in [9.17, 15) is 13.6 Å². The Balaban J connectivity index is 1.58. The van der Waals surface area contributed by atoms with Crippen LogP contribution >= 0.6 is 11.6 Å². The van der Waals surface area contributed by atoms with E-state index in [1.54, 1.807) is 31.4 Å². The van der Waals surface area contributed by atoms with Crippen molar-refractivity contribution in [3.63, 3.8) is 0 Å². The minimum absolute atomic E-state index is 0.139. The van der Waals surface area contributed by atoms with Crippen LogP contribution in [0, 0.1) is 0 Å². The van der Waals surface area contributed by atoms with Gasteiger partial charge in [0.1, 0.15) is 18.0 Å². The van der Waals surface area contributed by atoms with Crippen molar-refractivity contribution in [2.45, 2.75) is 12.1 Å². The van der Waals surface area contributed by atoms with Gasteiger partial charge in [-0.3, -0.25) is 4.79 Å². The molecule has 0 aliphatic heterocycles. The molecule has 0 atom stereocenters. The van der Waals surface area contributed by atoms with E-state index >= 15 is 0 Å². The van der Waals surface area contributed by atoms with Gasteiger partial charge in [-0.1, -0.05) is 0 Å². The first kappa shape index (κ1) is 19.5. The number of anilines is 1. The van der Waals surface area contributed by atoms with Crippen LogP contribution in [-0.4, -0.2) is 38.8 Å². The monoisotopic (exact) mass is 409 g/mol. The lowest BCUT2D eigenvalue weighted by atomic mass is 10.2. The molecule has 1 amide bonds. The number of aromatic nitrogens is 4. The molecule has 2 aromatic carbocycles. The van der Waals surface area contributed by atoms with E-state index in [0.717, 1.165) is 10.4 Å². The summed E-state index contributed by atoms with van der Waals surface area (Å²) in [5.74, 6) is 0.496. The zero-order valence-corrected chi connectivity index (χ0v) is 15.2. The molecule has 146 valence electrons. The highest BCUT2D eigenvalue weighted by molar-refractivity contribution is 6.20. The molecule has 0 aliphatic carbocycles. The van der Waals surface area contributed by atoms with Gasteiger partial charge in [0.15, 0.2) is 0 Å². The fourth-order valence-corrected chi connectivity index (χ4v) is 2.32. The van der Waals surface area contributed by atoms with Crippen LogP contribution in [0.15, 0.2) is 48.5 Å². The Hall–Kier alpha value is -3.27. The van der Waals surface area contributed by atoms with E-state index in [0.29, 0.717) is 17.3 Å². The molecule has 1 heterocycles. The van der Waals surface area contributed by atoms with Gasteiger partial charge >= 0.3 is 5.57 Å². The molecule has 0 saturated heterocycles. The van der Waals surface area contributed by atoms with Gasteiger partial charge in [-0.2, -0.15) is 4.80 Å². The minimum Gasteiger partial charge on any atom is -0.497 e. The number of alkyl halides is 3. The predicted molar refractivity (Wildman–Crippen MR) is 96.3 cm³/mol. The molecule has 0 unspecified atom stereocenters. The summed E-state index contributed by atoms with van der Waals surface area (Å²) < 4.78 is 34.4. The zero-order chi connectivity index (χ0) is 20.1. The lowest BCUT2D eigenvalue weighted by Crippen LogP contribution is -2.20. The van der Waals surface area contributed by atoms with Crippen LogP contribution in [0.2, 0.25) is 0 Å². The van der Waals surface area contributed by atoms with Crippen LogP contribution in [0.5, 0.6) is 11.5 Å². The fourth-order valence-electron chi connectivity index (χ4n) is 2.23. The van der Waals surface area contributed by atoms with Gasteiger partial charge in [0.2, 0.25) is 11.7 Å². The molecular weight excluding hydrogens is 396 g/mol. The molecule has 0 aliphatic rings. The maximum atomic E-state index is 12.6. The quantitative estimate of drug-likeness (QED) is 0.603. The summed E-state index contributed by atoms with van der Waals surface area (Å²) >= 11 is 4.69. The van der Waals surface area contributed by atoms with E-state index in [2.05, 4.69) is 37.1 Å². The Morgan fingerprint density at radius 2 is 1.79 bits per heavy atom. The number of amides is 1. The van der Waals surface area contributed by atoms with Crippen LogP contribution in [0.1, 0.15) is 0 Å². The van der Waals surface area contributed by atoms with E-state index in [-0.39, 0.29) is 12.3 Å². The van der Waals surface area contributed by atoms with Gasteiger partial charge < -0.3 is 14.8 Å². The summed E-state index contributed by atoms with van der Waals surface area (Å²) in [4.78, 5) is 13.2. The number of hydrogen-bond donors (Lipinski definition) is 1. The van der Waals surface area contributed by atoms with Crippen molar-refractivity contribution in [1.29, 1.82) is 0 Å². The molecule has 0 spiro atoms. The Bertz CT molecular complexity index is 943. The highest BCUT2D eigenvalue weighted by Gasteiger charge is 2.27. The first-order chi connectivity index (χ1) is 13.3. The molecule has 0 bridgehead atoms. The Labute approximate surface area is 163 Å². The molecule has 1 aromatic heterocycles. The fraction of sp³-hybridized carbons (Fsp3) is 0.176. The van der Waals surface area contributed by atoms with Gasteiger partial charge in [0, 0.05) is 22.9 Å². The maximum absolute atomic E-state index is 12.6. The number of carbonyl (C=O) groups is 1. The molecule has 11 heteroatoms. The largest absolute Gasteiger partial charge is 0.497 e. The van der Waals surface area contributed by atoms with Gasteiger partial charge in [-0.15, -0.1) is 19.0 Å². The number of ether oxygens (including phenoxy) is 2. The second-order valence-corrected chi connectivity index (χ2v) is 5.93. The molecule has 8 nitrogen and oxygen atoms in total. The maximum Gasteiger partial charge on any atom is 0.487 e. The lowest BCUT2D eigenvalue weighted by molar-refractivity contribution is -0.117. The number of hydrogen-bond acceptors (Lipinski definition) is 6. The van der Waals surface area contributed by atoms with Crippen LogP contribution in [0.3, 0.4) is 0 Å². The predicted octanol–water partition coefficient (Wildman–Crippen LogP) is 3.16. The summed E-state index contributed by atoms with van der Waals surface area (Å²) in [7, 11) is 1.57. The van der Waals surface area contributed by atoms with Gasteiger partial charge in [-0.05, 0) is 53.7 Å². The summed E-state index contributed by atoms with van der Waals surface area (Å²) in [5.41, 5.74) is -2.70. The van der Waals surface area contributed by atoms with Crippen molar-refractivity contribution in [2.24, 2.45) is 0 Å². The number of benzene rings is 2. The number of rotatable bonds is 7. The van der Waals surface area contributed by atoms with Crippen molar-refractivity contribution in [2.75, 3.05) is 12.4 Å². The van der Waals surface area contributed by atoms with Gasteiger partial charge in [-0.25, -0.2) is 0 Å². The van der Waals surface area contributed by atoms with E-state index in [4.69, 9.17) is 4.74 Å². The second kappa shape index (κ2) is 8.17. The van der Waals surface area contributed by atoms with Crippen LogP contribution in [0.4, 0.5) is 14.5 Å². The number of carbonyl (C=O) groups excluding carboxylic acids is 1. The number of tetrazole rings is 1. The van der Waals surface area contributed by atoms with Crippen LogP contribution in [-0.2, 0) is 11.3 Å². The third-order valence-corrected chi connectivity index (χ3v) is 3.53. The van der Waals surface area contributed by atoms with E-state index in [1.165, 1.54) is 24.3 Å².